The van der Waals surface area contributed by atoms with Crippen LogP contribution in [-0.2, 0) is 11.0 Å². The fourth-order valence-electron chi connectivity index (χ4n) is 2.03. The maximum absolute atomic E-state index is 12.1. The molecule has 0 aliphatic carbocycles. The Labute approximate surface area is 143 Å². The minimum Gasteiger partial charge on any atom is -0.496 e. The first-order valence-electron chi connectivity index (χ1n) is 6.86. The van der Waals surface area contributed by atoms with E-state index in [4.69, 9.17) is 27.9 Å². The lowest BCUT2D eigenvalue weighted by Crippen LogP contribution is -2.17. The van der Waals surface area contributed by atoms with Crippen LogP contribution in [0.3, 0.4) is 0 Å². The first kappa shape index (κ1) is 17.3. The SMILES string of the molecule is CCCNS(=O)c1ccc(-c2c(Cl)cccc2OC)c(Cl)c1. The number of methoxy groups -OCH3 is 1. The molecule has 6 heteroatoms. The number of nitrogens with one attached hydrogen (secondary N) is 1. The van der Waals surface area contributed by atoms with Crippen LogP contribution < -0.4 is 9.46 Å². The largest absolute Gasteiger partial charge is 0.496 e. The van der Waals surface area contributed by atoms with Gasteiger partial charge in [0.1, 0.15) is 16.7 Å². The van der Waals surface area contributed by atoms with Crippen molar-refractivity contribution in [3.05, 3.63) is 46.4 Å². The number of hydrogen-bond acceptors (Lipinski definition) is 2. The Balaban J connectivity index is 2.41. The lowest BCUT2D eigenvalue weighted by atomic mass is 10.0. The molecule has 0 spiro atoms. The van der Waals surface area contributed by atoms with Crippen LogP contribution in [0, 0.1) is 0 Å². The lowest BCUT2D eigenvalue weighted by molar-refractivity contribution is 0.416. The molecule has 0 aliphatic rings. The van der Waals surface area contributed by atoms with Gasteiger partial charge >= 0.3 is 0 Å². The molecule has 2 aromatic rings. The quantitative estimate of drug-likeness (QED) is 0.814. The standard InChI is InChI=1S/C16H17Cl2NO2S/c1-3-9-19-22(20)11-7-8-12(14(18)10-11)16-13(17)5-4-6-15(16)21-2/h4-8,10,19H,3,9H2,1-2H3. The van der Waals surface area contributed by atoms with Gasteiger partial charge in [-0.25, -0.2) is 8.93 Å². The molecule has 0 radical (unpaired) electrons. The van der Waals surface area contributed by atoms with E-state index in [0.29, 0.717) is 27.2 Å². The molecule has 22 heavy (non-hydrogen) atoms. The van der Waals surface area contributed by atoms with Crippen molar-refractivity contribution in [2.45, 2.75) is 18.2 Å². The Morgan fingerprint density at radius 2 is 1.95 bits per heavy atom. The van der Waals surface area contributed by atoms with E-state index in [1.165, 1.54) is 0 Å². The summed E-state index contributed by atoms with van der Waals surface area (Å²) in [6.45, 7) is 2.70. The topological polar surface area (TPSA) is 38.3 Å². The number of ether oxygens (including phenoxy) is 1. The maximum Gasteiger partial charge on any atom is 0.128 e. The van der Waals surface area contributed by atoms with E-state index in [0.717, 1.165) is 17.5 Å². The Morgan fingerprint density at radius 3 is 2.59 bits per heavy atom. The van der Waals surface area contributed by atoms with Crippen molar-refractivity contribution in [3.63, 3.8) is 0 Å². The number of rotatable bonds is 6. The van der Waals surface area contributed by atoms with Crippen LogP contribution in [-0.4, -0.2) is 17.9 Å². The first-order chi connectivity index (χ1) is 10.6. The van der Waals surface area contributed by atoms with Crippen LogP contribution in [0.5, 0.6) is 5.75 Å². The molecule has 1 atom stereocenters. The van der Waals surface area contributed by atoms with Gasteiger partial charge in [-0.3, -0.25) is 0 Å². The normalized spacial score (nSPS) is 12.2. The van der Waals surface area contributed by atoms with E-state index in [1.807, 2.05) is 25.1 Å². The van der Waals surface area contributed by atoms with Gasteiger partial charge in [0.15, 0.2) is 0 Å². The molecular formula is C16H17Cl2NO2S. The van der Waals surface area contributed by atoms with Gasteiger partial charge in [0.2, 0.25) is 0 Å². The Kier molecular flexibility index (Phi) is 6.26. The van der Waals surface area contributed by atoms with Crippen molar-refractivity contribution in [1.29, 1.82) is 0 Å². The Morgan fingerprint density at radius 1 is 1.18 bits per heavy atom. The van der Waals surface area contributed by atoms with Crippen LogP contribution in [0.2, 0.25) is 10.0 Å². The predicted octanol–water partition coefficient (Wildman–Crippen LogP) is 4.69. The summed E-state index contributed by atoms with van der Waals surface area (Å²) >= 11 is 12.6. The van der Waals surface area contributed by atoms with Crippen molar-refractivity contribution in [2.75, 3.05) is 13.7 Å². The number of halogens is 2. The minimum atomic E-state index is -1.27. The highest BCUT2D eigenvalue weighted by atomic mass is 35.5. The van der Waals surface area contributed by atoms with Gasteiger partial charge in [-0.15, -0.1) is 0 Å². The van der Waals surface area contributed by atoms with E-state index in [9.17, 15) is 4.21 Å². The molecule has 0 bridgehead atoms. The summed E-state index contributed by atoms with van der Waals surface area (Å²) in [6.07, 6.45) is 0.911. The molecule has 0 aromatic heterocycles. The van der Waals surface area contributed by atoms with Gasteiger partial charge in [0.25, 0.3) is 0 Å². The van der Waals surface area contributed by atoms with Gasteiger partial charge < -0.3 is 4.74 Å². The van der Waals surface area contributed by atoms with Gasteiger partial charge in [-0.05, 0) is 30.7 Å². The molecule has 0 heterocycles. The monoisotopic (exact) mass is 357 g/mol. The maximum atomic E-state index is 12.1. The third-order valence-corrected chi connectivity index (χ3v) is 4.88. The molecule has 2 aromatic carbocycles. The summed E-state index contributed by atoms with van der Waals surface area (Å²) in [7, 11) is 0.315. The second kappa shape index (κ2) is 7.97. The van der Waals surface area contributed by atoms with Crippen molar-refractivity contribution in [3.8, 4) is 16.9 Å². The van der Waals surface area contributed by atoms with E-state index in [1.54, 1.807) is 25.3 Å². The van der Waals surface area contributed by atoms with Crippen LogP contribution >= 0.6 is 23.2 Å². The molecule has 0 aliphatic heterocycles. The molecule has 0 saturated carbocycles. The van der Waals surface area contributed by atoms with Gasteiger partial charge in [-0.1, -0.05) is 42.3 Å². The summed E-state index contributed by atoms with van der Waals surface area (Å²) in [5, 5.41) is 1.04. The van der Waals surface area contributed by atoms with E-state index in [-0.39, 0.29) is 0 Å². The van der Waals surface area contributed by atoms with Crippen LogP contribution in [0.25, 0.3) is 11.1 Å². The summed E-state index contributed by atoms with van der Waals surface area (Å²) in [6, 6.07) is 10.7. The molecular weight excluding hydrogens is 341 g/mol. The molecule has 2 rings (SSSR count). The molecule has 0 saturated heterocycles. The van der Waals surface area contributed by atoms with E-state index < -0.39 is 11.0 Å². The molecule has 3 nitrogen and oxygen atoms in total. The van der Waals surface area contributed by atoms with Crippen LogP contribution in [0.15, 0.2) is 41.3 Å². The highest BCUT2D eigenvalue weighted by molar-refractivity contribution is 7.83. The second-order valence-electron chi connectivity index (χ2n) is 4.62. The van der Waals surface area contributed by atoms with Crippen molar-refractivity contribution in [2.24, 2.45) is 0 Å². The van der Waals surface area contributed by atoms with Crippen molar-refractivity contribution < 1.29 is 8.95 Å². The van der Waals surface area contributed by atoms with Gasteiger partial charge in [0, 0.05) is 22.7 Å². The highest BCUT2D eigenvalue weighted by Crippen LogP contribution is 2.40. The fourth-order valence-corrected chi connectivity index (χ4v) is 3.61. The molecule has 118 valence electrons. The zero-order valence-electron chi connectivity index (χ0n) is 12.4. The predicted molar refractivity (Wildman–Crippen MR) is 93.2 cm³/mol. The molecule has 1 N–H and O–H groups in total. The van der Waals surface area contributed by atoms with Gasteiger partial charge in [0.05, 0.1) is 17.0 Å². The third-order valence-electron chi connectivity index (χ3n) is 3.10. The fraction of sp³-hybridized carbons (Fsp3) is 0.250. The van der Waals surface area contributed by atoms with E-state index in [2.05, 4.69) is 4.72 Å². The highest BCUT2D eigenvalue weighted by Gasteiger charge is 2.15. The molecule has 1 unspecified atom stereocenters. The number of hydrogen-bond donors (Lipinski definition) is 1. The summed E-state index contributed by atoms with van der Waals surface area (Å²) in [4.78, 5) is 0.633. The Hall–Kier alpha value is -1.07. The summed E-state index contributed by atoms with van der Waals surface area (Å²) < 4.78 is 20.4. The Bertz CT molecular complexity index is 692. The molecule has 0 amide bonds. The average molecular weight is 358 g/mol. The second-order valence-corrected chi connectivity index (χ2v) is 6.73. The van der Waals surface area contributed by atoms with Crippen LogP contribution in [0.4, 0.5) is 0 Å². The third kappa shape index (κ3) is 3.82. The summed E-state index contributed by atoms with van der Waals surface area (Å²) in [5.74, 6) is 0.646. The van der Waals surface area contributed by atoms with Gasteiger partial charge in [-0.2, -0.15) is 0 Å². The average Bonchev–Trinajstić information content (AvgIpc) is 2.52. The number of benzene rings is 2. The lowest BCUT2D eigenvalue weighted by Gasteiger charge is -2.13. The summed E-state index contributed by atoms with van der Waals surface area (Å²) in [5.41, 5.74) is 1.48. The zero-order valence-corrected chi connectivity index (χ0v) is 14.7. The molecule has 0 fully saturated rings. The van der Waals surface area contributed by atoms with E-state index >= 15 is 0 Å². The first-order valence-corrected chi connectivity index (χ1v) is 8.76. The zero-order chi connectivity index (χ0) is 16.1. The van der Waals surface area contributed by atoms with Crippen molar-refractivity contribution in [1.82, 2.24) is 4.72 Å². The van der Waals surface area contributed by atoms with Crippen LogP contribution in [0.1, 0.15) is 13.3 Å². The minimum absolute atomic E-state index is 0.482. The smallest absolute Gasteiger partial charge is 0.128 e. The van der Waals surface area contributed by atoms with Crippen molar-refractivity contribution >= 4 is 34.2 Å².